The summed E-state index contributed by atoms with van der Waals surface area (Å²) in [6.45, 7) is 6.50. The number of carbonyl (C=O) groups is 1. The van der Waals surface area contributed by atoms with Gasteiger partial charge < -0.3 is 5.32 Å². The van der Waals surface area contributed by atoms with Crippen LogP contribution in [-0.4, -0.2) is 21.6 Å². The van der Waals surface area contributed by atoms with E-state index in [1.165, 1.54) is 40.8 Å². The van der Waals surface area contributed by atoms with Crippen molar-refractivity contribution >= 4 is 39.8 Å². The number of nitro benzene ring substituents is 1. The summed E-state index contributed by atoms with van der Waals surface area (Å²) in [6, 6.07) is 14.4. The average molecular weight is 428 g/mol. The first-order valence-electron chi connectivity index (χ1n) is 8.96. The molecule has 0 unspecified atom stereocenters. The molecule has 0 aliphatic carbocycles. The molecule has 0 spiro atoms. The first-order valence-corrected chi connectivity index (χ1v) is 10.8. The minimum Gasteiger partial charge on any atom is -0.301 e. The molecule has 150 valence electrons. The number of non-ortho nitro benzene ring substituents is 1. The largest absolute Gasteiger partial charge is 0.301 e. The van der Waals surface area contributed by atoms with E-state index in [4.69, 9.17) is 0 Å². The summed E-state index contributed by atoms with van der Waals surface area (Å²) in [4.78, 5) is 28.0. The van der Waals surface area contributed by atoms with Gasteiger partial charge in [-0.1, -0.05) is 32.9 Å². The number of amides is 1. The first kappa shape index (κ1) is 21.0. The maximum absolute atomic E-state index is 12.2. The Morgan fingerprint density at radius 3 is 2.38 bits per heavy atom. The van der Waals surface area contributed by atoms with Crippen molar-refractivity contribution in [1.82, 2.24) is 4.98 Å². The van der Waals surface area contributed by atoms with Crippen LogP contribution in [0.4, 0.5) is 10.8 Å². The number of nitro groups is 1. The zero-order chi connectivity index (χ0) is 21.0. The van der Waals surface area contributed by atoms with Gasteiger partial charge in [0.2, 0.25) is 5.91 Å². The number of thioether (sulfide) groups is 1. The predicted octanol–water partition coefficient (Wildman–Crippen LogP) is 5.75. The lowest BCUT2D eigenvalue weighted by molar-refractivity contribution is -0.384. The Labute approximate surface area is 177 Å². The van der Waals surface area contributed by atoms with E-state index in [1.807, 2.05) is 17.5 Å². The molecule has 0 saturated heterocycles. The second-order valence-corrected chi connectivity index (χ2v) is 9.36. The molecule has 3 rings (SSSR count). The third-order valence-electron chi connectivity index (χ3n) is 4.21. The molecule has 1 amide bonds. The van der Waals surface area contributed by atoms with E-state index in [0.717, 1.165) is 10.5 Å². The molecule has 0 aliphatic heterocycles. The van der Waals surface area contributed by atoms with Gasteiger partial charge in [0.1, 0.15) is 0 Å². The van der Waals surface area contributed by atoms with Gasteiger partial charge >= 0.3 is 0 Å². The van der Waals surface area contributed by atoms with E-state index < -0.39 is 4.92 Å². The lowest BCUT2D eigenvalue weighted by Gasteiger charge is -2.19. The summed E-state index contributed by atoms with van der Waals surface area (Å²) < 4.78 is 0. The average Bonchev–Trinajstić information content (AvgIpc) is 3.14. The molecule has 1 N–H and O–H groups in total. The van der Waals surface area contributed by atoms with Gasteiger partial charge in [0.25, 0.3) is 5.69 Å². The number of rotatable bonds is 6. The quantitative estimate of drug-likeness (QED) is 0.308. The molecule has 0 saturated carbocycles. The van der Waals surface area contributed by atoms with Gasteiger partial charge in [-0.3, -0.25) is 14.9 Å². The predicted molar refractivity (Wildman–Crippen MR) is 119 cm³/mol. The number of hydrogen-bond acceptors (Lipinski definition) is 6. The highest BCUT2D eigenvalue weighted by Crippen LogP contribution is 2.28. The zero-order valence-corrected chi connectivity index (χ0v) is 18.0. The van der Waals surface area contributed by atoms with E-state index in [1.54, 1.807) is 12.1 Å². The Morgan fingerprint density at radius 2 is 1.79 bits per heavy atom. The molecule has 29 heavy (non-hydrogen) atoms. The van der Waals surface area contributed by atoms with Crippen LogP contribution in [0.2, 0.25) is 0 Å². The number of benzene rings is 2. The van der Waals surface area contributed by atoms with Crippen LogP contribution in [0.25, 0.3) is 11.3 Å². The van der Waals surface area contributed by atoms with Crippen molar-refractivity contribution in [2.45, 2.75) is 31.1 Å². The second kappa shape index (κ2) is 8.75. The molecular weight excluding hydrogens is 406 g/mol. The molecule has 0 bridgehead atoms. The van der Waals surface area contributed by atoms with Gasteiger partial charge in [0.05, 0.1) is 16.4 Å². The molecule has 0 fully saturated rings. The Morgan fingerprint density at radius 1 is 1.14 bits per heavy atom. The molecule has 0 aliphatic rings. The minimum absolute atomic E-state index is 0.0325. The van der Waals surface area contributed by atoms with Crippen molar-refractivity contribution in [2.75, 3.05) is 11.1 Å². The monoisotopic (exact) mass is 427 g/mol. The van der Waals surface area contributed by atoms with Crippen LogP contribution in [-0.2, 0) is 10.2 Å². The fourth-order valence-electron chi connectivity index (χ4n) is 2.57. The summed E-state index contributed by atoms with van der Waals surface area (Å²) in [7, 11) is 0. The van der Waals surface area contributed by atoms with Crippen molar-refractivity contribution in [1.29, 1.82) is 0 Å². The Hall–Kier alpha value is -2.71. The summed E-state index contributed by atoms with van der Waals surface area (Å²) in [5.41, 5.74) is 2.83. The molecule has 0 radical (unpaired) electrons. The van der Waals surface area contributed by atoms with Crippen LogP contribution < -0.4 is 5.32 Å². The molecule has 6 nitrogen and oxygen atoms in total. The van der Waals surface area contributed by atoms with Crippen molar-refractivity contribution in [3.05, 3.63) is 69.6 Å². The minimum atomic E-state index is -0.440. The van der Waals surface area contributed by atoms with Gasteiger partial charge in [0, 0.05) is 28.0 Å². The number of aromatic nitrogens is 1. The Kier molecular flexibility index (Phi) is 6.34. The second-order valence-electron chi connectivity index (χ2n) is 7.45. The van der Waals surface area contributed by atoms with E-state index >= 15 is 0 Å². The fraction of sp³-hybridized carbons (Fsp3) is 0.238. The van der Waals surface area contributed by atoms with E-state index in [0.29, 0.717) is 16.6 Å². The number of hydrogen-bond donors (Lipinski definition) is 1. The van der Waals surface area contributed by atoms with Crippen molar-refractivity contribution in [3.63, 3.8) is 0 Å². The highest BCUT2D eigenvalue weighted by molar-refractivity contribution is 8.00. The highest BCUT2D eigenvalue weighted by atomic mass is 32.2. The van der Waals surface area contributed by atoms with Crippen molar-refractivity contribution < 1.29 is 9.72 Å². The van der Waals surface area contributed by atoms with Gasteiger partial charge in [-0.15, -0.1) is 23.1 Å². The molecule has 1 aromatic heterocycles. The molecular formula is C21H21N3O3S2. The summed E-state index contributed by atoms with van der Waals surface area (Å²) in [6.07, 6.45) is 0. The molecule has 8 heteroatoms. The van der Waals surface area contributed by atoms with Gasteiger partial charge in [-0.2, -0.15) is 0 Å². The lowest BCUT2D eigenvalue weighted by Crippen LogP contribution is -2.14. The van der Waals surface area contributed by atoms with Crippen LogP contribution in [0.5, 0.6) is 0 Å². The van der Waals surface area contributed by atoms with Crippen molar-refractivity contribution in [2.24, 2.45) is 0 Å². The number of thiazole rings is 1. The molecule has 0 atom stereocenters. The van der Waals surface area contributed by atoms with Gasteiger partial charge in [0.15, 0.2) is 5.13 Å². The maximum atomic E-state index is 12.2. The number of nitrogens with zero attached hydrogens (tertiary/aromatic N) is 2. The molecule has 2 aromatic carbocycles. The SMILES string of the molecule is CC(C)(C)c1ccc(SCC(=O)Nc2nc(-c3ccc([N+](=O)[O-])cc3)cs2)cc1. The van der Waals surface area contributed by atoms with E-state index in [-0.39, 0.29) is 17.0 Å². The smallest absolute Gasteiger partial charge is 0.269 e. The topological polar surface area (TPSA) is 85.1 Å². The van der Waals surface area contributed by atoms with Crippen LogP contribution >= 0.6 is 23.1 Å². The third kappa shape index (κ3) is 5.65. The summed E-state index contributed by atoms with van der Waals surface area (Å²) in [5, 5.41) is 15.9. The Balaban J connectivity index is 1.55. The standard InChI is InChI=1S/C21H21N3O3S2/c1-21(2,3)15-6-10-17(11-7-15)28-13-19(25)23-20-22-18(12-29-20)14-4-8-16(9-5-14)24(26)27/h4-12H,13H2,1-3H3,(H,22,23,25). The van der Waals surface area contributed by atoms with Crippen molar-refractivity contribution in [3.8, 4) is 11.3 Å². The Bertz CT molecular complexity index is 1010. The number of carbonyl (C=O) groups excluding carboxylic acids is 1. The third-order valence-corrected chi connectivity index (χ3v) is 5.98. The van der Waals surface area contributed by atoms with Crippen LogP contribution in [0, 0.1) is 10.1 Å². The molecule has 1 heterocycles. The van der Waals surface area contributed by atoms with E-state index in [9.17, 15) is 14.9 Å². The highest BCUT2D eigenvalue weighted by Gasteiger charge is 2.14. The normalized spacial score (nSPS) is 11.3. The maximum Gasteiger partial charge on any atom is 0.269 e. The number of anilines is 1. The first-order chi connectivity index (χ1) is 13.7. The van der Waals surface area contributed by atoms with Gasteiger partial charge in [-0.25, -0.2) is 4.98 Å². The van der Waals surface area contributed by atoms with Crippen LogP contribution in [0.3, 0.4) is 0 Å². The van der Waals surface area contributed by atoms with E-state index in [2.05, 4.69) is 43.2 Å². The fourth-order valence-corrected chi connectivity index (χ4v) is 4.01. The van der Waals surface area contributed by atoms with Crippen LogP contribution in [0.15, 0.2) is 58.8 Å². The number of nitrogens with one attached hydrogen (secondary N) is 1. The van der Waals surface area contributed by atoms with Gasteiger partial charge in [-0.05, 0) is 35.2 Å². The zero-order valence-electron chi connectivity index (χ0n) is 16.3. The lowest BCUT2D eigenvalue weighted by atomic mass is 9.87. The summed E-state index contributed by atoms with van der Waals surface area (Å²) in [5.74, 6) is 0.168. The summed E-state index contributed by atoms with van der Waals surface area (Å²) >= 11 is 2.80. The molecule has 3 aromatic rings. The van der Waals surface area contributed by atoms with Crippen LogP contribution in [0.1, 0.15) is 26.3 Å².